The molecule has 0 radical (unpaired) electrons. The van der Waals surface area contributed by atoms with Crippen LogP contribution in [0.2, 0.25) is 0 Å². The van der Waals surface area contributed by atoms with Gasteiger partial charge in [0.2, 0.25) is 11.7 Å². The van der Waals surface area contributed by atoms with Crippen LogP contribution in [0, 0.1) is 13.8 Å². The van der Waals surface area contributed by atoms with Crippen LogP contribution in [0.4, 0.5) is 5.69 Å². The number of aromatic nitrogens is 4. The molecule has 2 aromatic heterocycles. The molecule has 0 aliphatic rings. The minimum atomic E-state index is -0.165. The molecule has 158 valence electrons. The third kappa shape index (κ3) is 3.88. The molecule has 1 amide bonds. The number of rotatable bonds is 5. The number of benzene rings is 3. The highest BCUT2D eigenvalue weighted by Crippen LogP contribution is 2.28. The Labute approximate surface area is 184 Å². The summed E-state index contributed by atoms with van der Waals surface area (Å²) in [6.45, 7) is 4.07. The zero-order valence-electron chi connectivity index (χ0n) is 17.7. The molecular formula is C25H21N5O2. The Morgan fingerprint density at radius 1 is 0.969 bits per heavy atom. The van der Waals surface area contributed by atoms with Gasteiger partial charge in [0.15, 0.2) is 5.69 Å². The molecule has 0 fully saturated rings. The third-order valence-electron chi connectivity index (χ3n) is 5.19. The predicted molar refractivity (Wildman–Crippen MR) is 123 cm³/mol. The molecule has 5 aromatic rings. The van der Waals surface area contributed by atoms with Gasteiger partial charge in [-0.2, -0.15) is 10.1 Å². The van der Waals surface area contributed by atoms with Gasteiger partial charge in [-0.05, 0) is 37.6 Å². The van der Waals surface area contributed by atoms with Gasteiger partial charge < -0.3 is 9.84 Å². The van der Waals surface area contributed by atoms with Crippen LogP contribution in [0.15, 0.2) is 77.3 Å². The first kappa shape index (κ1) is 19.7. The molecule has 5 rings (SSSR count). The molecule has 7 heteroatoms. The Balaban J connectivity index is 1.45. The van der Waals surface area contributed by atoms with Crippen LogP contribution in [0.5, 0.6) is 0 Å². The average molecular weight is 423 g/mol. The van der Waals surface area contributed by atoms with E-state index in [1.54, 1.807) is 4.68 Å². The molecule has 7 nitrogen and oxygen atoms in total. The number of nitrogens with zero attached hydrogens (tertiary/aromatic N) is 4. The topological polar surface area (TPSA) is 85.8 Å². The highest BCUT2D eigenvalue weighted by atomic mass is 16.5. The Bertz CT molecular complexity index is 1420. The number of hydrogen-bond acceptors (Lipinski definition) is 5. The minimum Gasteiger partial charge on any atom is -0.332 e. The molecule has 0 bridgehead atoms. The van der Waals surface area contributed by atoms with Gasteiger partial charge in [0.05, 0.1) is 5.52 Å². The lowest BCUT2D eigenvalue weighted by Crippen LogP contribution is -2.19. The number of hydrogen-bond donors (Lipinski definition) is 1. The van der Waals surface area contributed by atoms with Gasteiger partial charge in [0.25, 0.3) is 5.89 Å². The molecule has 0 saturated carbocycles. The number of amides is 1. The molecule has 0 saturated heterocycles. The Hall–Kier alpha value is -4.26. The summed E-state index contributed by atoms with van der Waals surface area (Å²) in [4.78, 5) is 17.2. The number of para-hydroxylation sites is 1. The van der Waals surface area contributed by atoms with Gasteiger partial charge in [-0.15, -0.1) is 0 Å². The number of nitrogens with one attached hydrogen (secondary N) is 1. The van der Waals surface area contributed by atoms with Crippen molar-refractivity contribution in [1.82, 2.24) is 19.9 Å². The average Bonchev–Trinajstić information content (AvgIpc) is 3.40. The van der Waals surface area contributed by atoms with Gasteiger partial charge in [-0.3, -0.25) is 9.48 Å². The number of anilines is 1. The Morgan fingerprint density at radius 2 is 1.78 bits per heavy atom. The van der Waals surface area contributed by atoms with Crippen LogP contribution in [-0.4, -0.2) is 25.8 Å². The van der Waals surface area contributed by atoms with Gasteiger partial charge in [0, 0.05) is 16.6 Å². The molecule has 0 atom stereocenters. The predicted octanol–water partition coefficient (Wildman–Crippen LogP) is 5.01. The summed E-state index contributed by atoms with van der Waals surface area (Å²) in [5.74, 6) is 0.645. The molecule has 0 unspecified atom stereocenters. The summed E-state index contributed by atoms with van der Waals surface area (Å²) in [5, 5.41) is 12.5. The van der Waals surface area contributed by atoms with Crippen LogP contribution < -0.4 is 5.32 Å². The van der Waals surface area contributed by atoms with Gasteiger partial charge >= 0.3 is 0 Å². The zero-order valence-corrected chi connectivity index (χ0v) is 17.7. The Morgan fingerprint density at radius 3 is 2.59 bits per heavy atom. The van der Waals surface area contributed by atoms with Crippen LogP contribution in [-0.2, 0) is 11.3 Å². The van der Waals surface area contributed by atoms with E-state index in [0.717, 1.165) is 33.3 Å². The van der Waals surface area contributed by atoms with Crippen molar-refractivity contribution in [3.63, 3.8) is 0 Å². The van der Waals surface area contributed by atoms with Gasteiger partial charge in [-0.1, -0.05) is 65.3 Å². The normalized spacial score (nSPS) is 11.1. The lowest BCUT2D eigenvalue weighted by atomic mass is 10.1. The van der Waals surface area contributed by atoms with Gasteiger partial charge in [0.1, 0.15) is 6.54 Å². The standard InChI is InChI=1S/C25H21N5O2/c1-16-10-12-18(13-11-16)24-27-25(32-29-24)23-20-8-3-4-9-21(20)30(28-23)15-22(31)26-19-7-5-6-17(2)14-19/h3-14H,15H2,1-2H3,(H,26,31). The second-order valence-corrected chi connectivity index (χ2v) is 7.73. The van der Waals surface area contributed by atoms with E-state index in [4.69, 9.17) is 4.52 Å². The first-order valence-corrected chi connectivity index (χ1v) is 10.3. The highest BCUT2D eigenvalue weighted by Gasteiger charge is 2.19. The van der Waals surface area contributed by atoms with E-state index in [9.17, 15) is 4.79 Å². The molecular weight excluding hydrogens is 402 g/mol. The van der Waals surface area contributed by atoms with Crippen molar-refractivity contribution >= 4 is 22.5 Å². The van der Waals surface area contributed by atoms with Crippen LogP contribution in [0.25, 0.3) is 33.9 Å². The van der Waals surface area contributed by atoms with Crippen molar-refractivity contribution in [2.75, 3.05) is 5.32 Å². The fourth-order valence-corrected chi connectivity index (χ4v) is 3.60. The quantitative estimate of drug-likeness (QED) is 0.429. The molecule has 32 heavy (non-hydrogen) atoms. The summed E-state index contributed by atoms with van der Waals surface area (Å²) < 4.78 is 7.19. The minimum absolute atomic E-state index is 0.0629. The van der Waals surface area contributed by atoms with Crippen molar-refractivity contribution < 1.29 is 9.32 Å². The smallest absolute Gasteiger partial charge is 0.279 e. The van der Waals surface area contributed by atoms with E-state index in [-0.39, 0.29) is 12.5 Å². The molecule has 0 spiro atoms. The van der Waals surface area contributed by atoms with E-state index in [2.05, 4.69) is 20.6 Å². The summed E-state index contributed by atoms with van der Waals surface area (Å²) in [6, 6.07) is 23.3. The van der Waals surface area contributed by atoms with Crippen molar-refractivity contribution in [2.24, 2.45) is 0 Å². The maximum atomic E-state index is 12.7. The fraction of sp³-hybridized carbons (Fsp3) is 0.120. The summed E-state index contributed by atoms with van der Waals surface area (Å²) in [5.41, 5.74) is 5.23. The zero-order chi connectivity index (χ0) is 22.1. The first-order valence-electron chi connectivity index (χ1n) is 10.3. The summed E-state index contributed by atoms with van der Waals surface area (Å²) >= 11 is 0. The largest absolute Gasteiger partial charge is 0.332 e. The van der Waals surface area contributed by atoms with E-state index < -0.39 is 0 Å². The number of aryl methyl sites for hydroxylation is 2. The molecule has 1 N–H and O–H groups in total. The molecule has 0 aliphatic heterocycles. The SMILES string of the molecule is Cc1ccc(-c2noc(-c3nn(CC(=O)Nc4cccc(C)c4)c4ccccc34)n2)cc1. The van der Waals surface area contributed by atoms with E-state index in [0.29, 0.717) is 17.4 Å². The third-order valence-corrected chi connectivity index (χ3v) is 5.19. The lowest BCUT2D eigenvalue weighted by Gasteiger charge is -2.07. The summed E-state index contributed by atoms with van der Waals surface area (Å²) in [7, 11) is 0. The van der Waals surface area contributed by atoms with E-state index in [1.165, 1.54) is 0 Å². The fourth-order valence-electron chi connectivity index (χ4n) is 3.60. The highest BCUT2D eigenvalue weighted by molar-refractivity contribution is 5.94. The number of fused-ring (bicyclic) bond motifs is 1. The van der Waals surface area contributed by atoms with Crippen molar-refractivity contribution in [2.45, 2.75) is 20.4 Å². The maximum Gasteiger partial charge on any atom is 0.279 e. The van der Waals surface area contributed by atoms with Crippen molar-refractivity contribution in [3.8, 4) is 23.0 Å². The Kier molecular flexibility index (Phi) is 4.99. The number of carbonyl (C=O) groups excluding carboxylic acids is 1. The van der Waals surface area contributed by atoms with Crippen molar-refractivity contribution in [1.29, 1.82) is 0 Å². The summed E-state index contributed by atoms with van der Waals surface area (Å²) in [6.07, 6.45) is 0. The maximum absolute atomic E-state index is 12.7. The second-order valence-electron chi connectivity index (χ2n) is 7.73. The second kappa shape index (κ2) is 8.11. The van der Waals surface area contributed by atoms with Crippen LogP contribution in [0.1, 0.15) is 11.1 Å². The molecule has 0 aliphatic carbocycles. The van der Waals surface area contributed by atoms with Crippen LogP contribution in [0.3, 0.4) is 0 Å². The van der Waals surface area contributed by atoms with E-state index >= 15 is 0 Å². The molecule has 3 aromatic carbocycles. The van der Waals surface area contributed by atoms with E-state index in [1.807, 2.05) is 86.6 Å². The van der Waals surface area contributed by atoms with Crippen molar-refractivity contribution in [3.05, 3.63) is 83.9 Å². The van der Waals surface area contributed by atoms with Crippen LogP contribution >= 0.6 is 0 Å². The monoisotopic (exact) mass is 423 g/mol. The molecule has 2 heterocycles. The van der Waals surface area contributed by atoms with Gasteiger partial charge in [-0.25, -0.2) is 0 Å². The lowest BCUT2D eigenvalue weighted by molar-refractivity contribution is -0.116. The first-order chi connectivity index (χ1) is 15.6. The number of carbonyl (C=O) groups is 1.